The molecule has 13 aromatic rings. The van der Waals surface area contributed by atoms with Crippen LogP contribution in [-0.4, -0.2) is 0 Å². The normalized spacial score (nSPS) is 12.0. The van der Waals surface area contributed by atoms with Gasteiger partial charge < -0.3 is 8.83 Å². The number of furan rings is 2. The molecule has 0 N–H and O–H groups in total. The fourth-order valence-corrected chi connectivity index (χ4v) is 9.81. The summed E-state index contributed by atoms with van der Waals surface area (Å²) in [7, 11) is 0. The molecule has 0 fully saturated rings. The molecule has 13 rings (SSSR count). The second-order valence-electron chi connectivity index (χ2n) is 16.0. The second-order valence-corrected chi connectivity index (χ2v) is 16.0. The van der Waals surface area contributed by atoms with Gasteiger partial charge in [0.15, 0.2) is 0 Å². The Balaban J connectivity index is 0.903. The lowest BCUT2D eigenvalue weighted by atomic mass is 9.85. The monoisotopic (exact) mass is 762 g/mol. The van der Waals surface area contributed by atoms with E-state index in [4.69, 9.17) is 8.83 Å². The van der Waals surface area contributed by atoms with E-state index in [1.54, 1.807) is 0 Å². The van der Waals surface area contributed by atoms with Crippen molar-refractivity contribution in [1.82, 2.24) is 0 Å². The van der Waals surface area contributed by atoms with E-state index in [1.807, 2.05) is 12.1 Å². The van der Waals surface area contributed by atoms with Crippen LogP contribution in [0.1, 0.15) is 0 Å². The van der Waals surface area contributed by atoms with Gasteiger partial charge in [0.1, 0.15) is 22.3 Å². The van der Waals surface area contributed by atoms with Crippen molar-refractivity contribution in [1.29, 1.82) is 0 Å². The zero-order valence-electron chi connectivity index (χ0n) is 32.4. The van der Waals surface area contributed by atoms with Crippen molar-refractivity contribution in [3.63, 3.8) is 0 Å². The van der Waals surface area contributed by atoms with Crippen molar-refractivity contribution in [2.45, 2.75) is 0 Å². The first-order valence-corrected chi connectivity index (χ1v) is 20.6. The summed E-state index contributed by atoms with van der Waals surface area (Å²) in [5, 5.41) is 14.1. The number of rotatable bonds is 4. The summed E-state index contributed by atoms with van der Waals surface area (Å²) in [6.45, 7) is 0. The van der Waals surface area contributed by atoms with Crippen LogP contribution < -0.4 is 0 Å². The summed E-state index contributed by atoms with van der Waals surface area (Å²) in [4.78, 5) is 0. The van der Waals surface area contributed by atoms with Gasteiger partial charge in [0.25, 0.3) is 0 Å². The first-order chi connectivity index (χ1) is 29.7. The van der Waals surface area contributed by atoms with Crippen LogP contribution in [0.25, 0.3) is 131 Å². The molecule has 0 aliphatic carbocycles. The minimum Gasteiger partial charge on any atom is -0.455 e. The third-order valence-corrected chi connectivity index (χ3v) is 12.6. The zero-order chi connectivity index (χ0) is 39.3. The highest BCUT2D eigenvalue weighted by Crippen LogP contribution is 2.46. The van der Waals surface area contributed by atoms with Crippen molar-refractivity contribution < 1.29 is 8.83 Å². The van der Waals surface area contributed by atoms with E-state index in [2.05, 4.69) is 194 Å². The number of hydrogen-bond donors (Lipinski definition) is 0. The number of hydrogen-bond acceptors (Lipinski definition) is 2. The van der Waals surface area contributed by atoms with Crippen LogP contribution in [0, 0.1) is 0 Å². The molecular weight excluding hydrogens is 729 g/mol. The first kappa shape index (κ1) is 33.1. The summed E-state index contributed by atoms with van der Waals surface area (Å²) in [5.74, 6) is 0. The third kappa shape index (κ3) is 4.95. The molecule has 0 amide bonds. The molecule has 278 valence electrons. The van der Waals surface area contributed by atoms with E-state index in [0.717, 1.165) is 54.6 Å². The predicted molar refractivity (Wildman–Crippen MR) is 253 cm³/mol. The van der Waals surface area contributed by atoms with Gasteiger partial charge in [-0.05, 0) is 131 Å². The van der Waals surface area contributed by atoms with E-state index in [9.17, 15) is 0 Å². The summed E-state index contributed by atoms with van der Waals surface area (Å²) in [6, 6.07) is 74.8. The topological polar surface area (TPSA) is 26.3 Å². The van der Waals surface area contributed by atoms with Crippen LogP contribution in [0.5, 0.6) is 0 Å². The SMILES string of the molecule is c1cc(-c2ccc3ccccc3c2)cc(-c2c3ccccc3c(-c3ccc(-c4ccc5c(ccc6c5oc5ccc7c8ccccc8oc7c56)c4)cc3)c3ccccc23)c1. The van der Waals surface area contributed by atoms with E-state index in [0.29, 0.717) is 0 Å². The Hall–Kier alpha value is -7.94. The average molecular weight is 763 g/mol. The van der Waals surface area contributed by atoms with E-state index in [-0.39, 0.29) is 0 Å². The van der Waals surface area contributed by atoms with Crippen LogP contribution in [0.2, 0.25) is 0 Å². The van der Waals surface area contributed by atoms with Crippen molar-refractivity contribution in [3.8, 4) is 44.5 Å². The Kier molecular flexibility index (Phi) is 7.05. The third-order valence-electron chi connectivity index (χ3n) is 12.6. The lowest BCUT2D eigenvalue weighted by Gasteiger charge is -2.18. The maximum absolute atomic E-state index is 6.57. The molecule has 0 atom stereocenters. The largest absolute Gasteiger partial charge is 0.455 e. The average Bonchev–Trinajstić information content (AvgIpc) is 3.89. The van der Waals surface area contributed by atoms with Crippen LogP contribution in [-0.2, 0) is 0 Å². The smallest absolute Gasteiger partial charge is 0.147 e. The van der Waals surface area contributed by atoms with Crippen molar-refractivity contribution >= 4 is 87.0 Å². The van der Waals surface area contributed by atoms with Gasteiger partial charge in [-0.2, -0.15) is 0 Å². The fourth-order valence-electron chi connectivity index (χ4n) is 9.81. The fraction of sp³-hybridized carbons (Fsp3) is 0. The summed E-state index contributed by atoms with van der Waals surface area (Å²) in [5.41, 5.74) is 13.2. The van der Waals surface area contributed by atoms with Gasteiger partial charge in [0.05, 0.1) is 5.39 Å². The van der Waals surface area contributed by atoms with Gasteiger partial charge in [-0.3, -0.25) is 0 Å². The van der Waals surface area contributed by atoms with Crippen LogP contribution in [0.15, 0.2) is 215 Å². The maximum atomic E-state index is 6.57. The Bertz CT molecular complexity index is 3820. The van der Waals surface area contributed by atoms with Crippen LogP contribution in [0.3, 0.4) is 0 Å². The van der Waals surface area contributed by atoms with Gasteiger partial charge in [-0.1, -0.05) is 158 Å². The maximum Gasteiger partial charge on any atom is 0.147 e. The lowest BCUT2D eigenvalue weighted by Crippen LogP contribution is -1.91. The molecule has 2 aromatic heterocycles. The molecule has 2 nitrogen and oxygen atoms in total. The molecule has 0 aliphatic heterocycles. The van der Waals surface area contributed by atoms with Crippen molar-refractivity contribution in [2.24, 2.45) is 0 Å². The van der Waals surface area contributed by atoms with Gasteiger partial charge in [-0.15, -0.1) is 0 Å². The quantitative estimate of drug-likeness (QED) is 0.167. The molecule has 0 spiro atoms. The predicted octanol–water partition coefficient (Wildman–Crippen LogP) is 16.8. The number of benzene rings is 11. The molecular formula is C58H34O2. The Morgan fingerprint density at radius 2 is 0.750 bits per heavy atom. The van der Waals surface area contributed by atoms with Crippen molar-refractivity contribution in [3.05, 3.63) is 206 Å². The van der Waals surface area contributed by atoms with Gasteiger partial charge in [0, 0.05) is 21.5 Å². The van der Waals surface area contributed by atoms with E-state index in [1.165, 1.54) is 76.8 Å². The van der Waals surface area contributed by atoms with Crippen molar-refractivity contribution in [2.75, 3.05) is 0 Å². The molecule has 0 saturated heterocycles. The lowest BCUT2D eigenvalue weighted by molar-refractivity contribution is 0.665. The molecule has 2 heterocycles. The van der Waals surface area contributed by atoms with E-state index >= 15 is 0 Å². The standard InChI is InChI=1S/C58H34O2/c1-2-11-38-32-41(25-22-35(38)10-1)39-12-9-13-43(34-39)55-48-17-5-3-15-46(48)54(47-16-4-6-18-49(47)55)37-23-20-36(21-24-37)40-26-28-44-42(33-40)27-29-51-56-53(60-57(44)51)31-30-50-45-14-7-8-19-52(45)59-58(50)56/h1-34H. The van der Waals surface area contributed by atoms with Gasteiger partial charge in [0.2, 0.25) is 0 Å². The summed E-state index contributed by atoms with van der Waals surface area (Å²) in [6.07, 6.45) is 0. The Morgan fingerprint density at radius 1 is 0.233 bits per heavy atom. The Morgan fingerprint density at radius 3 is 1.53 bits per heavy atom. The number of para-hydroxylation sites is 1. The van der Waals surface area contributed by atoms with Crippen LogP contribution >= 0.6 is 0 Å². The van der Waals surface area contributed by atoms with Crippen LogP contribution in [0.4, 0.5) is 0 Å². The summed E-state index contributed by atoms with van der Waals surface area (Å²) >= 11 is 0. The van der Waals surface area contributed by atoms with E-state index < -0.39 is 0 Å². The minimum atomic E-state index is 0.839. The second kappa shape index (κ2) is 12.8. The highest BCUT2D eigenvalue weighted by Gasteiger charge is 2.19. The first-order valence-electron chi connectivity index (χ1n) is 20.6. The minimum absolute atomic E-state index is 0.839. The Labute approximate surface area is 345 Å². The number of fused-ring (bicyclic) bond motifs is 12. The molecule has 0 bridgehead atoms. The molecule has 0 saturated carbocycles. The molecule has 0 aliphatic rings. The van der Waals surface area contributed by atoms with Gasteiger partial charge >= 0.3 is 0 Å². The molecule has 11 aromatic carbocycles. The molecule has 0 unspecified atom stereocenters. The highest BCUT2D eigenvalue weighted by molar-refractivity contribution is 6.25. The zero-order valence-corrected chi connectivity index (χ0v) is 32.4. The van der Waals surface area contributed by atoms with Gasteiger partial charge in [-0.25, -0.2) is 0 Å². The molecule has 2 heteroatoms. The molecule has 60 heavy (non-hydrogen) atoms. The molecule has 0 radical (unpaired) electrons. The highest BCUT2D eigenvalue weighted by atomic mass is 16.3. The summed E-state index contributed by atoms with van der Waals surface area (Å²) < 4.78 is 13.0.